The lowest BCUT2D eigenvalue weighted by atomic mass is 10.0. The van der Waals surface area contributed by atoms with Crippen molar-refractivity contribution in [3.05, 3.63) is 104 Å². The highest BCUT2D eigenvalue weighted by molar-refractivity contribution is 7.22. The standard InChI is InChI=1S/C86H112N10O36S2/c1-2-64-10-13-71(133-64)72-14-11-65(134-72)9-7-62-35-69(131-44-81(125)95(36-73(117)87-83(46-105,47-106)48-107)37-74(118)88-84(49-108,50-109)51-110)61(34-70(62)132-45-82(126)96(38-75(119)89-85(52-111,53-112)54-113)39-76(120)90-86(55-114,56-115)57-116)6-5-60-33-67(129-42-79(123)93(19-27-101)20-28-102)59(32-68(60)130-43-80(124)94(21-29-103)22-30-104)4-3-58-31-63(127-40-77(121)91(15-23-97)16-24-98)8-12-66(58)128-41-78(122)92(17-25-99)18-26-100/h1,8,10-14,31-35,97-116H,15-30,36-57H2,(H,87,117)(H,88,118)(H,89,119)(H,90,120). The van der Waals surface area contributed by atoms with Crippen LogP contribution in [0.5, 0.6) is 34.5 Å². The van der Waals surface area contributed by atoms with Crippen molar-refractivity contribution in [1.82, 2.24) is 50.7 Å². The lowest BCUT2D eigenvalue weighted by Crippen LogP contribution is -2.61. The van der Waals surface area contributed by atoms with Crippen LogP contribution in [0.25, 0.3) is 9.75 Å². The quantitative estimate of drug-likeness (QED) is 0.0161. The molecular formula is C86H112N10O36S2. The zero-order valence-electron chi connectivity index (χ0n) is 72.8. The number of carbonyl (C=O) groups excluding carboxylic acids is 10. The Bertz CT molecular complexity index is 4810. The van der Waals surface area contributed by atoms with Crippen LogP contribution in [-0.4, -0.2) is 463 Å². The van der Waals surface area contributed by atoms with Crippen LogP contribution >= 0.6 is 22.7 Å². The Labute approximate surface area is 776 Å². The van der Waals surface area contributed by atoms with Crippen LogP contribution in [0.4, 0.5) is 0 Å². The number of benzene rings is 3. The molecular weight excluding hydrogens is 1810 g/mol. The van der Waals surface area contributed by atoms with E-state index in [0.29, 0.717) is 29.3 Å². The first-order valence-electron chi connectivity index (χ1n) is 41.0. The molecule has 2 heterocycles. The number of ether oxygens (including phenoxy) is 6. The summed E-state index contributed by atoms with van der Waals surface area (Å²) >= 11 is 2.41. The van der Waals surface area contributed by atoms with Gasteiger partial charge in [0.25, 0.3) is 35.4 Å². The summed E-state index contributed by atoms with van der Waals surface area (Å²) in [5.41, 5.74) is -10.1. The van der Waals surface area contributed by atoms with E-state index in [2.05, 4.69) is 62.7 Å². The van der Waals surface area contributed by atoms with Gasteiger partial charge in [-0.1, -0.05) is 41.4 Å². The topological polar surface area (TPSA) is 698 Å². The number of hydrogen-bond acceptors (Lipinski definition) is 38. The van der Waals surface area contributed by atoms with Crippen molar-refractivity contribution in [2.75, 3.05) is 250 Å². The minimum atomic E-state index is -2.15. The maximum Gasteiger partial charge on any atom is 0.261 e. The molecule has 0 saturated carbocycles. The fourth-order valence-electron chi connectivity index (χ4n) is 11.7. The summed E-state index contributed by atoms with van der Waals surface area (Å²) in [6, 6.07) is 14.9. The summed E-state index contributed by atoms with van der Waals surface area (Å²) in [7, 11) is 0. The number of aliphatic hydroxyl groups is 20. The van der Waals surface area contributed by atoms with Gasteiger partial charge in [0.05, 0.1) is 170 Å². The van der Waals surface area contributed by atoms with Gasteiger partial charge in [0.1, 0.15) is 82.8 Å². The molecule has 134 heavy (non-hydrogen) atoms. The van der Waals surface area contributed by atoms with E-state index < -0.39 is 308 Å². The maximum absolute atomic E-state index is 14.9. The van der Waals surface area contributed by atoms with Gasteiger partial charge in [0.2, 0.25) is 23.6 Å². The second-order valence-corrected chi connectivity index (χ2v) is 31.5. The lowest BCUT2D eigenvalue weighted by Gasteiger charge is -2.32. The Balaban J connectivity index is 2.01. The first-order valence-corrected chi connectivity index (χ1v) is 42.6. The summed E-state index contributed by atoms with van der Waals surface area (Å²) in [5, 5.41) is 209. The van der Waals surface area contributed by atoms with E-state index in [1.165, 1.54) is 29.5 Å². The van der Waals surface area contributed by atoms with Gasteiger partial charge in [-0.15, -0.1) is 29.1 Å². The van der Waals surface area contributed by atoms with Gasteiger partial charge in [-0.05, 0) is 42.5 Å². The summed E-state index contributed by atoms with van der Waals surface area (Å²) in [6.45, 7) is -30.3. The van der Waals surface area contributed by atoms with Gasteiger partial charge in [-0.2, -0.15) is 0 Å². The van der Waals surface area contributed by atoms with Crippen molar-refractivity contribution < 1.29 is 178 Å². The van der Waals surface area contributed by atoms with Gasteiger partial charge in [0.15, 0.2) is 39.6 Å². The molecule has 0 radical (unpaired) electrons. The van der Waals surface area contributed by atoms with Crippen LogP contribution in [0.15, 0.2) is 66.7 Å². The summed E-state index contributed by atoms with van der Waals surface area (Å²) in [6.07, 6.45) is 5.69. The predicted octanol–water partition coefficient (Wildman–Crippen LogP) is -11.8. The van der Waals surface area contributed by atoms with E-state index in [9.17, 15) is 150 Å². The third kappa shape index (κ3) is 34.5. The van der Waals surface area contributed by atoms with Crippen LogP contribution < -0.4 is 49.7 Å². The van der Waals surface area contributed by atoms with Crippen LogP contribution in [0.3, 0.4) is 0 Å². The molecule has 0 unspecified atom stereocenters. The Morgan fingerprint density at radius 1 is 0.276 bits per heavy atom. The molecule has 734 valence electrons. The van der Waals surface area contributed by atoms with Gasteiger partial charge >= 0.3 is 0 Å². The number of amides is 10. The Morgan fingerprint density at radius 2 is 0.500 bits per heavy atom. The first-order chi connectivity index (χ1) is 64.4. The second-order valence-electron chi connectivity index (χ2n) is 29.3. The third-order valence-corrected chi connectivity index (χ3v) is 21.7. The highest BCUT2D eigenvalue weighted by atomic mass is 32.1. The molecule has 3 aromatic carbocycles. The molecule has 0 aliphatic rings. The summed E-state index contributed by atoms with van der Waals surface area (Å²) in [5.74, 6) is 6.94. The number of carbonyl (C=O) groups is 10. The third-order valence-electron chi connectivity index (χ3n) is 19.5. The molecule has 0 aliphatic carbocycles. The van der Waals surface area contributed by atoms with Crippen LogP contribution in [0.2, 0.25) is 0 Å². The zero-order valence-corrected chi connectivity index (χ0v) is 74.4. The smallest absolute Gasteiger partial charge is 0.261 e. The fraction of sp³-hybridized carbons (Fsp3) is 0.488. The Hall–Kier alpha value is -12.0. The molecule has 5 rings (SSSR count). The Morgan fingerprint density at radius 3 is 0.746 bits per heavy atom. The minimum Gasteiger partial charge on any atom is -0.484 e. The van der Waals surface area contributed by atoms with Gasteiger partial charge in [-0.25, -0.2) is 0 Å². The van der Waals surface area contributed by atoms with E-state index in [-0.39, 0.29) is 86.1 Å². The number of rotatable bonds is 59. The van der Waals surface area contributed by atoms with Crippen LogP contribution in [-0.2, 0) is 47.9 Å². The molecule has 24 N–H and O–H groups in total. The number of thiophene rings is 2. The number of hydrogen-bond donors (Lipinski definition) is 24. The summed E-state index contributed by atoms with van der Waals surface area (Å²) in [4.78, 5) is 148. The van der Waals surface area contributed by atoms with Crippen molar-refractivity contribution >= 4 is 81.7 Å². The number of terminal acetylenes is 1. The molecule has 0 saturated heterocycles. The molecule has 5 aromatic rings. The molecule has 0 aliphatic heterocycles. The number of nitrogens with zero attached hydrogens (tertiary/aromatic N) is 6. The van der Waals surface area contributed by atoms with E-state index in [1.807, 2.05) is 0 Å². The second kappa shape index (κ2) is 58.2. The van der Waals surface area contributed by atoms with E-state index in [1.54, 1.807) is 24.3 Å². The molecule has 48 heteroatoms. The van der Waals surface area contributed by atoms with Crippen molar-refractivity contribution in [3.8, 4) is 92.1 Å². The largest absolute Gasteiger partial charge is 0.484 e. The van der Waals surface area contributed by atoms with Gasteiger partial charge in [0, 0.05) is 86.4 Å². The SMILES string of the molecule is C#Cc1ccc(-c2ccc(C#Cc3cc(OCC(=O)N(CC(=O)NC(CO)(CO)CO)CC(=O)NC(CO)(CO)CO)c(C#Cc4cc(OCC(=O)N(CCO)CCO)c(C#Cc5cc(OCC(=O)N(CCO)CCO)ccc5OCC(=O)N(CCO)CCO)cc4OCC(=O)N(CCO)CCO)cc3OCC(=O)N(CC(=O)NC(CO)(CO)CO)CC(=O)NC(CO)(CO)CO)s2)s1. The molecule has 2 aromatic heterocycles. The van der Waals surface area contributed by atoms with Crippen molar-refractivity contribution in [2.24, 2.45) is 0 Å². The predicted molar refractivity (Wildman–Crippen MR) is 470 cm³/mol. The minimum absolute atomic E-state index is 0.0811. The number of nitrogens with one attached hydrogen (secondary N) is 4. The zero-order chi connectivity index (χ0) is 99.0. The fourth-order valence-corrected chi connectivity index (χ4v) is 13.4. The molecule has 10 amide bonds. The van der Waals surface area contributed by atoms with Gasteiger partial charge < -0.3 is 181 Å². The highest BCUT2D eigenvalue weighted by Gasteiger charge is 2.37. The molecule has 0 spiro atoms. The van der Waals surface area contributed by atoms with Crippen molar-refractivity contribution in [2.45, 2.75) is 22.2 Å². The van der Waals surface area contributed by atoms with Crippen LogP contribution in [0, 0.1) is 47.9 Å². The molecule has 0 fully saturated rings. The first kappa shape index (κ1) is 113. The Kier molecular flexibility index (Phi) is 48.9. The average molecular weight is 1930 g/mol. The monoisotopic (exact) mass is 1920 g/mol. The summed E-state index contributed by atoms with van der Waals surface area (Å²) < 4.78 is 36.9. The normalized spacial score (nSPS) is 11.2. The van der Waals surface area contributed by atoms with Crippen molar-refractivity contribution in [3.63, 3.8) is 0 Å². The maximum atomic E-state index is 14.9. The highest BCUT2D eigenvalue weighted by Crippen LogP contribution is 2.36. The van der Waals surface area contributed by atoms with E-state index in [0.717, 1.165) is 55.2 Å². The van der Waals surface area contributed by atoms with Crippen LogP contribution in [0.1, 0.15) is 37.6 Å². The van der Waals surface area contributed by atoms with E-state index >= 15 is 0 Å². The lowest BCUT2D eigenvalue weighted by molar-refractivity contribution is -0.142. The van der Waals surface area contributed by atoms with E-state index in [4.69, 9.17) is 34.8 Å². The van der Waals surface area contributed by atoms with Crippen molar-refractivity contribution in [1.29, 1.82) is 0 Å². The molecule has 0 bridgehead atoms. The van der Waals surface area contributed by atoms with Gasteiger partial charge in [-0.3, -0.25) is 47.9 Å². The average Bonchev–Trinajstić information content (AvgIpc) is 0.895. The molecule has 46 nitrogen and oxygen atoms in total. The number of aliphatic hydroxyl groups excluding tert-OH is 20. The molecule has 0 atom stereocenters.